The number of aryl methyl sites for hydroxylation is 2. The molecule has 0 aromatic carbocycles. The smallest absolute Gasteiger partial charge is 0.333 e. The Kier molecular flexibility index (Phi) is 5.75. The zero-order valence-corrected chi connectivity index (χ0v) is 12.1. The van der Waals surface area contributed by atoms with E-state index in [2.05, 4.69) is 29.2 Å². The van der Waals surface area contributed by atoms with Crippen molar-refractivity contribution in [3.8, 4) is 0 Å². The third-order valence-corrected chi connectivity index (χ3v) is 3.22. The molecule has 1 N–H and O–H groups in total. The second-order valence-corrected chi connectivity index (χ2v) is 4.33. The Hall–Kier alpha value is -1.63. The maximum atomic E-state index is 11.1. The summed E-state index contributed by atoms with van der Waals surface area (Å²) in [6, 6.07) is 0. The topological polar surface area (TPSA) is 76.2 Å². The van der Waals surface area contributed by atoms with Gasteiger partial charge in [-0.1, -0.05) is 20.8 Å². The van der Waals surface area contributed by atoms with Gasteiger partial charge in [0.25, 0.3) is 0 Å². The van der Waals surface area contributed by atoms with Crippen LogP contribution in [-0.2, 0) is 13.5 Å². The van der Waals surface area contributed by atoms with Crippen LogP contribution in [0.3, 0.4) is 0 Å². The van der Waals surface area contributed by atoms with E-state index in [-0.39, 0.29) is 10.6 Å². The van der Waals surface area contributed by atoms with E-state index in [1.165, 1.54) is 0 Å². The highest BCUT2D eigenvalue weighted by Gasteiger charge is 2.25. The van der Waals surface area contributed by atoms with E-state index in [0.717, 1.165) is 19.6 Å². The van der Waals surface area contributed by atoms with E-state index in [1.807, 2.05) is 6.92 Å². The van der Waals surface area contributed by atoms with Crippen molar-refractivity contribution in [2.75, 3.05) is 31.5 Å². The molecule has 1 aromatic rings. The molecule has 0 aliphatic heterocycles. The lowest BCUT2D eigenvalue weighted by molar-refractivity contribution is -0.384. The monoisotopic (exact) mass is 269 g/mol. The minimum Gasteiger partial charge on any atom is -0.363 e. The van der Waals surface area contributed by atoms with E-state index >= 15 is 0 Å². The van der Waals surface area contributed by atoms with Crippen LogP contribution < -0.4 is 5.32 Å². The Morgan fingerprint density at radius 1 is 1.37 bits per heavy atom. The first-order chi connectivity index (χ1) is 9.04. The van der Waals surface area contributed by atoms with Crippen LogP contribution in [0.5, 0.6) is 0 Å². The first-order valence-electron chi connectivity index (χ1n) is 6.71. The summed E-state index contributed by atoms with van der Waals surface area (Å²) < 4.78 is 1.55. The highest BCUT2D eigenvalue weighted by Crippen LogP contribution is 2.28. The number of hydrogen-bond donors (Lipinski definition) is 1. The Morgan fingerprint density at radius 3 is 2.47 bits per heavy atom. The van der Waals surface area contributed by atoms with Gasteiger partial charge in [0.1, 0.15) is 5.69 Å². The standard InChI is InChI=1S/C12H23N5O2/c1-5-10-11(17(18)19)12(15(4)14-10)13-8-9-16(6-2)7-3/h13H,5-9H2,1-4H3. The Bertz CT molecular complexity index is 426. The summed E-state index contributed by atoms with van der Waals surface area (Å²) in [4.78, 5) is 13.0. The largest absolute Gasteiger partial charge is 0.363 e. The van der Waals surface area contributed by atoms with Crippen LogP contribution in [0.4, 0.5) is 11.5 Å². The first kappa shape index (κ1) is 15.4. The van der Waals surface area contributed by atoms with Gasteiger partial charge in [-0.2, -0.15) is 5.10 Å². The fourth-order valence-corrected chi connectivity index (χ4v) is 2.07. The molecule has 0 saturated heterocycles. The molecule has 0 aliphatic carbocycles. The van der Waals surface area contributed by atoms with Crippen molar-refractivity contribution in [2.45, 2.75) is 27.2 Å². The van der Waals surface area contributed by atoms with Gasteiger partial charge in [-0.3, -0.25) is 10.1 Å². The highest BCUT2D eigenvalue weighted by atomic mass is 16.6. The number of nitrogens with one attached hydrogen (secondary N) is 1. The molecule has 0 bridgehead atoms. The molecule has 0 fully saturated rings. The molecule has 0 amide bonds. The number of nitro groups is 1. The summed E-state index contributed by atoms with van der Waals surface area (Å²) >= 11 is 0. The molecular weight excluding hydrogens is 246 g/mol. The van der Waals surface area contributed by atoms with E-state index < -0.39 is 0 Å². The second-order valence-electron chi connectivity index (χ2n) is 4.33. The maximum absolute atomic E-state index is 11.1. The lowest BCUT2D eigenvalue weighted by Crippen LogP contribution is -2.29. The van der Waals surface area contributed by atoms with Gasteiger partial charge in [0, 0.05) is 20.1 Å². The Balaban J connectivity index is 2.77. The molecular formula is C12H23N5O2. The molecule has 108 valence electrons. The number of nitrogens with zero attached hydrogens (tertiary/aromatic N) is 4. The number of hydrogen-bond acceptors (Lipinski definition) is 5. The van der Waals surface area contributed by atoms with Gasteiger partial charge < -0.3 is 10.2 Å². The van der Waals surface area contributed by atoms with Crippen molar-refractivity contribution in [1.29, 1.82) is 0 Å². The number of anilines is 1. The fraction of sp³-hybridized carbons (Fsp3) is 0.750. The number of rotatable bonds is 8. The van der Waals surface area contributed by atoms with Crippen LogP contribution in [0.2, 0.25) is 0 Å². The molecule has 1 heterocycles. The molecule has 0 radical (unpaired) electrons. The average Bonchev–Trinajstić information content (AvgIpc) is 2.71. The number of likely N-dealkylation sites (N-methyl/N-ethyl adjacent to an activating group) is 1. The molecule has 0 aliphatic rings. The summed E-state index contributed by atoms with van der Waals surface area (Å²) in [7, 11) is 1.73. The van der Waals surface area contributed by atoms with Gasteiger partial charge in [0.05, 0.1) is 4.92 Å². The molecule has 7 nitrogen and oxygen atoms in total. The molecule has 19 heavy (non-hydrogen) atoms. The summed E-state index contributed by atoms with van der Waals surface area (Å²) in [6.07, 6.45) is 0.557. The predicted octanol–water partition coefficient (Wildman–Crippen LogP) is 1.64. The SMILES string of the molecule is CCc1nn(C)c(NCCN(CC)CC)c1[N+](=O)[O-]. The maximum Gasteiger partial charge on any atom is 0.333 e. The molecule has 0 atom stereocenters. The second kappa shape index (κ2) is 7.08. The molecule has 0 spiro atoms. The lowest BCUT2D eigenvalue weighted by atomic mass is 10.3. The zero-order valence-electron chi connectivity index (χ0n) is 12.1. The van der Waals surface area contributed by atoms with Crippen molar-refractivity contribution >= 4 is 11.5 Å². The predicted molar refractivity (Wildman–Crippen MR) is 75.5 cm³/mol. The Morgan fingerprint density at radius 2 is 2.00 bits per heavy atom. The lowest BCUT2D eigenvalue weighted by Gasteiger charge is -2.18. The average molecular weight is 269 g/mol. The molecule has 0 unspecified atom stereocenters. The minimum absolute atomic E-state index is 0.101. The van der Waals surface area contributed by atoms with Gasteiger partial charge in [-0.15, -0.1) is 0 Å². The van der Waals surface area contributed by atoms with Crippen LogP contribution >= 0.6 is 0 Å². The van der Waals surface area contributed by atoms with Gasteiger partial charge >= 0.3 is 5.69 Å². The van der Waals surface area contributed by atoms with Crippen LogP contribution in [0, 0.1) is 10.1 Å². The van der Waals surface area contributed by atoms with E-state index in [9.17, 15) is 10.1 Å². The normalized spacial score (nSPS) is 11.0. The van der Waals surface area contributed by atoms with Crippen LogP contribution in [-0.4, -0.2) is 45.8 Å². The van der Waals surface area contributed by atoms with Gasteiger partial charge in [-0.25, -0.2) is 4.68 Å². The molecule has 0 saturated carbocycles. The van der Waals surface area contributed by atoms with Crippen molar-refractivity contribution in [2.24, 2.45) is 7.05 Å². The third-order valence-electron chi connectivity index (χ3n) is 3.22. The van der Waals surface area contributed by atoms with Gasteiger partial charge in [-0.05, 0) is 19.5 Å². The van der Waals surface area contributed by atoms with Crippen molar-refractivity contribution < 1.29 is 4.92 Å². The Labute approximate surface area is 113 Å². The first-order valence-corrected chi connectivity index (χ1v) is 6.71. The molecule has 1 rings (SSSR count). The van der Waals surface area contributed by atoms with Crippen LogP contribution in [0.1, 0.15) is 26.5 Å². The summed E-state index contributed by atoms with van der Waals surface area (Å²) in [5.74, 6) is 0.494. The summed E-state index contributed by atoms with van der Waals surface area (Å²) in [6.45, 7) is 9.56. The van der Waals surface area contributed by atoms with Crippen LogP contribution in [0.15, 0.2) is 0 Å². The third kappa shape index (κ3) is 3.66. The highest BCUT2D eigenvalue weighted by molar-refractivity contribution is 5.59. The molecule has 1 aromatic heterocycles. The van der Waals surface area contributed by atoms with Gasteiger partial charge in [0.15, 0.2) is 0 Å². The summed E-state index contributed by atoms with van der Waals surface area (Å²) in [5.41, 5.74) is 0.627. The van der Waals surface area contributed by atoms with Gasteiger partial charge in [0.2, 0.25) is 5.82 Å². The number of aromatic nitrogens is 2. The molecule has 7 heteroatoms. The van der Waals surface area contributed by atoms with E-state index in [4.69, 9.17) is 0 Å². The van der Waals surface area contributed by atoms with Crippen molar-refractivity contribution in [1.82, 2.24) is 14.7 Å². The van der Waals surface area contributed by atoms with E-state index in [0.29, 0.717) is 24.5 Å². The minimum atomic E-state index is -0.356. The zero-order chi connectivity index (χ0) is 14.4. The van der Waals surface area contributed by atoms with Crippen molar-refractivity contribution in [3.63, 3.8) is 0 Å². The summed E-state index contributed by atoms with van der Waals surface area (Å²) in [5, 5.41) is 18.4. The van der Waals surface area contributed by atoms with Crippen LogP contribution in [0.25, 0.3) is 0 Å². The van der Waals surface area contributed by atoms with E-state index in [1.54, 1.807) is 11.7 Å². The fourth-order valence-electron chi connectivity index (χ4n) is 2.07. The van der Waals surface area contributed by atoms with Crippen molar-refractivity contribution in [3.05, 3.63) is 15.8 Å². The quantitative estimate of drug-likeness (QED) is 0.573.